The SMILES string of the molecule is COc1cccc2cc(C(=O)N(C(C)C)C(C)C)c(=O)oc12. The summed E-state index contributed by atoms with van der Waals surface area (Å²) in [5.74, 6) is 0.154. The van der Waals surface area contributed by atoms with E-state index in [0.717, 1.165) is 0 Å². The summed E-state index contributed by atoms with van der Waals surface area (Å²) in [6.45, 7) is 7.68. The zero-order valence-corrected chi connectivity index (χ0v) is 13.5. The molecule has 0 bridgehead atoms. The van der Waals surface area contributed by atoms with Gasteiger partial charge in [0.2, 0.25) is 0 Å². The fourth-order valence-electron chi connectivity index (χ4n) is 2.63. The number of para-hydroxylation sites is 1. The predicted octanol–water partition coefficient (Wildman–Crippen LogP) is 3.06. The number of carbonyl (C=O) groups excluding carboxylic acids is 1. The lowest BCUT2D eigenvalue weighted by Gasteiger charge is -2.30. The number of rotatable bonds is 4. The number of ether oxygens (including phenoxy) is 1. The third-order valence-corrected chi connectivity index (χ3v) is 3.52. The van der Waals surface area contributed by atoms with Gasteiger partial charge in [0.25, 0.3) is 5.91 Å². The predicted molar refractivity (Wildman–Crippen MR) is 85.5 cm³/mol. The van der Waals surface area contributed by atoms with Crippen molar-refractivity contribution < 1.29 is 13.9 Å². The van der Waals surface area contributed by atoms with Crippen molar-refractivity contribution in [3.63, 3.8) is 0 Å². The molecule has 1 heterocycles. The van der Waals surface area contributed by atoms with Crippen molar-refractivity contribution in [3.8, 4) is 5.75 Å². The molecular weight excluding hydrogens is 282 g/mol. The lowest BCUT2D eigenvalue weighted by molar-refractivity contribution is 0.0639. The van der Waals surface area contributed by atoms with Gasteiger partial charge in [0.1, 0.15) is 5.56 Å². The van der Waals surface area contributed by atoms with Crippen LogP contribution in [0.2, 0.25) is 0 Å². The molecule has 1 amide bonds. The zero-order chi connectivity index (χ0) is 16.4. The Labute approximate surface area is 129 Å². The number of nitrogens with zero attached hydrogens (tertiary/aromatic N) is 1. The number of methoxy groups -OCH3 is 1. The molecule has 0 aliphatic rings. The van der Waals surface area contributed by atoms with Gasteiger partial charge >= 0.3 is 5.63 Å². The third-order valence-electron chi connectivity index (χ3n) is 3.52. The number of hydrogen-bond donors (Lipinski definition) is 0. The molecule has 0 aliphatic heterocycles. The van der Waals surface area contributed by atoms with Crippen LogP contribution in [0.3, 0.4) is 0 Å². The molecule has 1 aromatic carbocycles. The molecule has 0 atom stereocenters. The van der Waals surface area contributed by atoms with Crippen molar-refractivity contribution in [2.45, 2.75) is 39.8 Å². The van der Waals surface area contributed by atoms with Crippen molar-refractivity contribution in [1.82, 2.24) is 4.90 Å². The molecule has 0 fully saturated rings. The van der Waals surface area contributed by atoms with Crippen molar-refractivity contribution >= 4 is 16.9 Å². The summed E-state index contributed by atoms with van der Waals surface area (Å²) in [5, 5.41) is 0.662. The first kappa shape index (κ1) is 16.1. The van der Waals surface area contributed by atoms with Gasteiger partial charge in [0, 0.05) is 17.5 Å². The molecule has 0 N–H and O–H groups in total. The van der Waals surface area contributed by atoms with Gasteiger partial charge in [-0.15, -0.1) is 0 Å². The molecule has 0 saturated carbocycles. The number of amides is 1. The molecule has 0 radical (unpaired) electrons. The van der Waals surface area contributed by atoms with E-state index in [1.54, 1.807) is 29.2 Å². The van der Waals surface area contributed by atoms with Crippen molar-refractivity contribution in [2.24, 2.45) is 0 Å². The highest BCUT2D eigenvalue weighted by Crippen LogP contribution is 2.25. The van der Waals surface area contributed by atoms with Gasteiger partial charge in [-0.25, -0.2) is 4.79 Å². The van der Waals surface area contributed by atoms with Crippen molar-refractivity contribution in [2.75, 3.05) is 7.11 Å². The minimum Gasteiger partial charge on any atom is -0.493 e. The maximum Gasteiger partial charge on any atom is 0.349 e. The lowest BCUT2D eigenvalue weighted by atomic mass is 10.1. The molecule has 0 spiro atoms. The van der Waals surface area contributed by atoms with Gasteiger partial charge in [-0.2, -0.15) is 0 Å². The van der Waals surface area contributed by atoms with Crippen LogP contribution in [-0.4, -0.2) is 30.0 Å². The highest BCUT2D eigenvalue weighted by atomic mass is 16.5. The molecule has 5 heteroatoms. The third kappa shape index (κ3) is 2.84. The van der Waals surface area contributed by atoms with Crippen molar-refractivity contribution in [1.29, 1.82) is 0 Å². The second-order valence-corrected chi connectivity index (χ2v) is 5.73. The van der Waals surface area contributed by atoms with Gasteiger partial charge in [0.15, 0.2) is 11.3 Å². The average molecular weight is 303 g/mol. The standard InChI is InChI=1S/C17H21NO4/c1-10(2)18(11(3)4)16(19)13-9-12-7-6-8-14(21-5)15(12)22-17(13)20/h6-11H,1-5H3. The molecular formula is C17H21NO4. The van der Waals surface area contributed by atoms with E-state index < -0.39 is 5.63 Å². The van der Waals surface area contributed by atoms with Crippen LogP contribution in [0.4, 0.5) is 0 Å². The fourth-order valence-corrected chi connectivity index (χ4v) is 2.63. The maximum atomic E-state index is 12.7. The van der Waals surface area contributed by atoms with Crippen LogP contribution in [-0.2, 0) is 0 Å². The van der Waals surface area contributed by atoms with E-state index in [1.807, 2.05) is 27.7 Å². The normalized spacial score (nSPS) is 11.2. The highest BCUT2D eigenvalue weighted by Gasteiger charge is 2.25. The number of carbonyl (C=O) groups is 1. The Bertz CT molecular complexity index is 738. The Hall–Kier alpha value is -2.30. The summed E-state index contributed by atoms with van der Waals surface area (Å²) in [7, 11) is 1.51. The van der Waals surface area contributed by atoms with Crippen LogP contribution < -0.4 is 10.4 Å². The van der Waals surface area contributed by atoms with E-state index in [9.17, 15) is 9.59 Å². The largest absolute Gasteiger partial charge is 0.493 e. The average Bonchev–Trinajstić information content (AvgIpc) is 2.45. The number of benzene rings is 1. The van der Waals surface area contributed by atoms with E-state index in [-0.39, 0.29) is 23.6 Å². The van der Waals surface area contributed by atoms with Gasteiger partial charge in [-0.05, 0) is 39.8 Å². The molecule has 5 nitrogen and oxygen atoms in total. The van der Waals surface area contributed by atoms with Crippen LogP contribution in [0.15, 0.2) is 33.5 Å². The van der Waals surface area contributed by atoms with Crippen LogP contribution in [0.25, 0.3) is 11.0 Å². The number of hydrogen-bond acceptors (Lipinski definition) is 4. The molecule has 1 aromatic heterocycles. The Morgan fingerprint density at radius 3 is 2.36 bits per heavy atom. The summed E-state index contributed by atoms with van der Waals surface area (Å²) in [6, 6.07) is 6.84. The smallest absolute Gasteiger partial charge is 0.349 e. The Kier molecular flexibility index (Phi) is 4.54. The van der Waals surface area contributed by atoms with Crippen LogP contribution in [0.5, 0.6) is 5.75 Å². The minimum atomic E-state index is -0.645. The summed E-state index contributed by atoms with van der Waals surface area (Å²) in [4.78, 5) is 26.6. The second-order valence-electron chi connectivity index (χ2n) is 5.73. The van der Waals surface area contributed by atoms with E-state index in [4.69, 9.17) is 9.15 Å². The Morgan fingerprint density at radius 2 is 1.82 bits per heavy atom. The van der Waals surface area contributed by atoms with Gasteiger partial charge in [-0.3, -0.25) is 4.79 Å². The van der Waals surface area contributed by atoms with Gasteiger partial charge < -0.3 is 14.1 Å². The highest BCUT2D eigenvalue weighted by molar-refractivity contribution is 5.97. The first-order chi connectivity index (χ1) is 10.4. The maximum absolute atomic E-state index is 12.7. The second kappa shape index (κ2) is 6.22. The van der Waals surface area contributed by atoms with Crippen LogP contribution in [0, 0.1) is 0 Å². The fraction of sp³-hybridized carbons (Fsp3) is 0.412. The van der Waals surface area contributed by atoms with E-state index >= 15 is 0 Å². The van der Waals surface area contributed by atoms with Gasteiger partial charge in [-0.1, -0.05) is 12.1 Å². The molecule has 0 aliphatic carbocycles. The number of fused-ring (bicyclic) bond motifs is 1. The van der Waals surface area contributed by atoms with E-state index in [1.165, 1.54) is 7.11 Å². The zero-order valence-electron chi connectivity index (χ0n) is 13.5. The minimum absolute atomic E-state index is 0.00657. The summed E-state index contributed by atoms with van der Waals surface area (Å²) >= 11 is 0. The molecule has 2 rings (SSSR count). The quantitative estimate of drug-likeness (QED) is 0.814. The van der Waals surface area contributed by atoms with Gasteiger partial charge in [0.05, 0.1) is 7.11 Å². The van der Waals surface area contributed by atoms with E-state index in [0.29, 0.717) is 16.7 Å². The summed E-state index contributed by atoms with van der Waals surface area (Å²) in [5.41, 5.74) is -0.247. The van der Waals surface area contributed by atoms with E-state index in [2.05, 4.69) is 0 Å². The lowest BCUT2D eigenvalue weighted by Crippen LogP contribution is -2.43. The topological polar surface area (TPSA) is 59.8 Å². The molecule has 0 saturated heterocycles. The molecule has 22 heavy (non-hydrogen) atoms. The Morgan fingerprint density at radius 1 is 1.18 bits per heavy atom. The molecule has 118 valence electrons. The monoisotopic (exact) mass is 303 g/mol. The van der Waals surface area contributed by atoms with Crippen LogP contribution >= 0.6 is 0 Å². The molecule has 2 aromatic rings. The molecule has 0 unspecified atom stereocenters. The van der Waals surface area contributed by atoms with Crippen LogP contribution in [0.1, 0.15) is 38.1 Å². The summed E-state index contributed by atoms with van der Waals surface area (Å²) in [6.07, 6.45) is 0. The Balaban J connectivity index is 2.59. The first-order valence-corrected chi connectivity index (χ1v) is 7.30. The van der Waals surface area contributed by atoms with Crippen molar-refractivity contribution in [3.05, 3.63) is 40.2 Å². The first-order valence-electron chi connectivity index (χ1n) is 7.30. The summed E-state index contributed by atoms with van der Waals surface area (Å²) < 4.78 is 10.5.